The summed E-state index contributed by atoms with van der Waals surface area (Å²) in [5.74, 6) is -1.25. The van der Waals surface area contributed by atoms with Crippen molar-refractivity contribution >= 4 is 5.97 Å². The van der Waals surface area contributed by atoms with Crippen LogP contribution in [0.15, 0.2) is 0 Å². The molecule has 1 heterocycles. The summed E-state index contributed by atoms with van der Waals surface area (Å²) < 4.78 is 0. The fourth-order valence-corrected chi connectivity index (χ4v) is 1.39. The van der Waals surface area contributed by atoms with Crippen molar-refractivity contribution in [3.05, 3.63) is 0 Å². The van der Waals surface area contributed by atoms with Crippen LogP contribution in [0.4, 0.5) is 0 Å². The van der Waals surface area contributed by atoms with Crippen molar-refractivity contribution in [1.29, 1.82) is 0 Å². The molecule has 1 aliphatic rings. The average molecular weight is 191 g/mol. The molecule has 6 heteroatoms. The molecule has 13 heavy (non-hydrogen) atoms. The molecule has 0 spiro atoms. The van der Waals surface area contributed by atoms with Crippen molar-refractivity contribution < 1.29 is 25.2 Å². The summed E-state index contributed by atoms with van der Waals surface area (Å²) in [6, 6.07) is -1.78. The van der Waals surface area contributed by atoms with Gasteiger partial charge in [0.1, 0.15) is 18.2 Å². The van der Waals surface area contributed by atoms with Gasteiger partial charge in [0.25, 0.3) is 0 Å². The summed E-state index contributed by atoms with van der Waals surface area (Å²) in [4.78, 5) is 10.5. The second-order valence-electron chi connectivity index (χ2n) is 3.24. The number of aliphatic hydroxyl groups is 3. The van der Waals surface area contributed by atoms with E-state index >= 15 is 0 Å². The Hall–Kier alpha value is -0.690. The molecular formula is C7H13NO5. The molecule has 1 fully saturated rings. The third-order valence-electron chi connectivity index (χ3n) is 2.26. The predicted molar refractivity (Wildman–Crippen MR) is 42.0 cm³/mol. The monoisotopic (exact) mass is 191 g/mol. The van der Waals surface area contributed by atoms with Crippen LogP contribution in [0.2, 0.25) is 0 Å². The number of nitrogens with one attached hydrogen (secondary N) is 1. The molecule has 5 N–H and O–H groups in total. The van der Waals surface area contributed by atoms with Crippen LogP contribution in [-0.2, 0) is 4.79 Å². The van der Waals surface area contributed by atoms with Gasteiger partial charge in [-0.15, -0.1) is 0 Å². The molecule has 0 aliphatic carbocycles. The van der Waals surface area contributed by atoms with Crippen molar-refractivity contribution in [2.24, 2.45) is 0 Å². The minimum absolute atomic E-state index is 0.556. The molecule has 0 aromatic rings. The minimum atomic E-state index is -1.48. The highest BCUT2D eigenvalue weighted by Crippen LogP contribution is 2.15. The van der Waals surface area contributed by atoms with Crippen LogP contribution in [-0.4, -0.2) is 56.8 Å². The number of hydrogen-bond acceptors (Lipinski definition) is 5. The third-order valence-corrected chi connectivity index (χ3v) is 2.26. The number of carboxylic acids is 1. The molecular weight excluding hydrogens is 178 g/mol. The van der Waals surface area contributed by atoms with Crippen molar-refractivity contribution in [1.82, 2.24) is 5.32 Å². The molecule has 6 nitrogen and oxygen atoms in total. The molecule has 0 aromatic carbocycles. The number of carboxylic acid groups (broad SMARTS) is 1. The smallest absolute Gasteiger partial charge is 0.323 e. The summed E-state index contributed by atoms with van der Waals surface area (Å²) in [5.41, 5.74) is 0. The molecule has 1 aliphatic heterocycles. The summed E-state index contributed by atoms with van der Waals surface area (Å²) in [5, 5.41) is 38.8. The molecule has 0 aromatic heterocycles. The molecule has 5 atom stereocenters. The van der Waals surface area contributed by atoms with Gasteiger partial charge >= 0.3 is 5.97 Å². The Bertz CT molecular complexity index is 209. The van der Waals surface area contributed by atoms with Gasteiger partial charge in [-0.05, 0) is 6.92 Å². The largest absolute Gasteiger partial charge is 0.480 e. The van der Waals surface area contributed by atoms with Gasteiger partial charge in [-0.1, -0.05) is 0 Å². The van der Waals surface area contributed by atoms with Crippen LogP contribution >= 0.6 is 0 Å². The second-order valence-corrected chi connectivity index (χ2v) is 3.24. The fraction of sp³-hybridized carbons (Fsp3) is 0.857. The van der Waals surface area contributed by atoms with Crippen LogP contribution in [0.1, 0.15) is 6.92 Å². The Morgan fingerprint density at radius 1 is 1.15 bits per heavy atom. The number of carbonyl (C=O) groups is 1. The Morgan fingerprint density at radius 3 is 2.15 bits per heavy atom. The van der Waals surface area contributed by atoms with E-state index in [4.69, 9.17) is 5.11 Å². The van der Waals surface area contributed by atoms with Crippen LogP contribution < -0.4 is 5.32 Å². The lowest BCUT2D eigenvalue weighted by molar-refractivity contribution is -0.156. The zero-order valence-electron chi connectivity index (χ0n) is 7.08. The van der Waals surface area contributed by atoms with Gasteiger partial charge in [-0.2, -0.15) is 0 Å². The van der Waals surface area contributed by atoms with E-state index in [2.05, 4.69) is 5.32 Å². The lowest BCUT2D eigenvalue weighted by Crippen LogP contribution is -2.66. The van der Waals surface area contributed by atoms with E-state index in [1.54, 1.807) is 0 Å². The Kier molecular flexibility index (Phi) is 2.87. The third kappa shape index (κ3) is 1.80. The van der Waals surface area contributed by atoms with Gasteiger partial charge in [-0.3, -0.25) is 10.1 Å². The molecule has 1 rings (SSSR count). The van der Waals surface area contributed by atoms with E-state index in [1.807, 2.05) is 0 Å². The number of rotatable bonds is 1. The Morgan fingerprint density at radius 2 is 1.69 bits per heavy atom. The van der Waals surface area contributed by atoms with Gasteiger partial charge in [0.2, 0.25) is 0 Å². The fourth-order valence-electron chi connectivity index (χ4n) is 1.39. The SMILES string of the molecule is CC1NC(C(=O)O)C(O)C(O)C1O. The first-order valence-corrected chi connectivity index (χ1v) is 3.98. The molecule has 0 bridgehead atoms. The van der Waals surface area contributed by atoms with Crippen molar-refractivity contribution in [2.45, 2.75) is 37.3 Å². The van der Waals surface area contributed by atoms with Crippen LogP contribution in [0.3, 0.4) is 0 Å². The van der Waals surface area contributed by atoms with E-state index in [1.165, 1.54) is 6.92 Å². The van der Waals surface area contributed by atoms with E-state index in [-0.39, 0.29) is 0 Å². The Labute approximate surface area is 74.8 Å². The molecule has 0 saturated carbocycles. The normalized spacial score (nSPS) is 46.0. The Balaban J connectivity index is 2.76. The molecule has 1 saturated heterocycles. The quantitative estimate of drug-likeness (QED) is 0.314. The van der Waals surface area contributed by atoms with Crippen LogP contribution in [0, 0.1) is 0 Å². The first kappa shape index (κ1) is 10.4. The molecule has 76 valence electrons. The highest BCUT2D eigenvalue weighted by molar-refractivity contribution is 5.74. The van der Waals surface area contributed by atoms with Gasteiger partial charge in [0.15, 0.2) is 0 Å². The predicted octanol–water partition coefficient (Wildman–Crippen LogP) is -2.49. The lowest BCUT2D eigenvalue weighted by Gasteiger charge is -2.38. The maximum Gasteiger partial charge on any atom is 0.323 e. The summed E-state index contributed by atoms with van der Waals surface area (Å²) >= 11 is 0. The highest BCUT2D eigenvalue weighted by Gasteiger charge is 2.43. The molecule has 0 amide bonds. The minimum Gasteiger partial charge on any atom is -0.480 e. The number of aliphatic hydroxyl groups excluding tert-OH is 3. The van der Waals surface area contributed by atoms with Gasteiger partial charge in [0, 0.05) is 6.04 Å². The number of aliphatic carboxylic acids is 1. The maximum absolute atomic E-state index is 10.5. The van der Waals surface area contributed by atoms with Gasteiger partial charge in [0.05, 0.1) is 6.10 Å². The van der Waals surface area contributed by atoms with Gasteiger partial charge < -0.3 is 20.4 Å². The van der Waals surface area contributed by atoms with Gasteiger partial charge in [-0.25, -0.2) is 0 Å². The van der Waals surface area contributed by atoms with E-state index in [9.17, 15) is 20.1 Å². The maximum atomic E-state index is 10.5. The van der Waals surface area contributed by atoms with E-state index in [0.29, 0.717) is 0 Å². The topological polar surface area (TPSA) is 110 Å². The average Bonchev–Trinajstić information content (AvgIpc) is 2.07. The summed E-state index contributed by atoms with van der Waals surface area (Å²) in [6.45, 7) is 1.54. The summed E-state index contributed by atoms with van der Waals surface area (Å²) in [7, 11) is 0. The zero-order valence-corrected chi connectivity index (χ0v) is 7.08. The first-order chi connectivity index (χ1) is 5.95. The summed E-state index contributed by atoms with van der Waals surface area (Å²) in [6.07, 6.45) is -4.05. The first-order valence-electron chi connectivity index (χ1n) is 3.98. The van der Waals surface area contributed by atoms with Crippen molar-refractivity contribution in [3.8, 4) is 0 Å². The lowest BCUT2D eigenvalue weighted by atomic mass is 9.91. The van der Waals surface area contributed by atoms with Crippen LogP contribution in [0.5, 0.6) is 0 Å². The number of piperidine rings is 1. The van der Waals surface area contributed by atoms with Crippen LogP contribution in [0.25, 0.3) is 0 Å². The second kappa shape index (κ2) is 3.59. The van der Waals surface area contributed by atoms with Crippen molar-refractivity contribution in [2.75, 3.05) is 0 Å². The molecule has 0 radical (unpaired) electrons. The zero-order chi connectivity index (χ0) is 10.2. The van der Waals surface area contributed by atoms with E-state index < -0.39 is 36.4 Å². The van der Waals surface area contributed by atoms with Crippen molar-refractivity contribution in [3.63, 3.8) is 0 Å². The van der Waals surface area contributed by atoms with E-state index in [0.717, 1.165) is 0 Å². The number of hydrogen-bond donors (Lipinski definition) is 5. The highest BCUT2D eigenvalue weighted by atomic mass is 16.4. The standard InChI is InChI=1S/C7H13NO5/c1-2-4(9)6(11)5(10)3(8-2)7(12)13/h2-6,8-11H,1H3,(H,12,13). The molecule has 5 unspecified atom stereocenters.